The van der Waals surface area contributed by atoms with E-state index in [1.54, 1.807) is 18.2 Å². The van der Waals surface area contributed by atoms with E-state index in [-0.39, 0.29) is 24.3 Å². The van der Waals surface area contributed by atoms with Crippen LogP contribution in [0.25, 0.3) is 0 Å². The Morgan fingerprint density at radius 2 is 2.10 bits per heavy atom. The minimum absolute atomic E-state index is 0.0279. The fourth-order valence-electron chi connectivity index (χ4n) is 2.70. The topological polar surface area (TPSA) is 49.4 Å². The molecular formula is C14H14BrClN2O2. The highest BCUT2D eigenvalue weighted by atomic mass is 79.9. The Labute approximate surface area is 130 Å². The van der Waals surface area contributed by atoms with E-state index in [9.17, 15) is 9.59 Å². The molecule has 2 amide bonds. The number of carbonyl (C=O) groups is 2. The van der Waals surface area contributed by atoms with Gasteiger partial charge in [-0.25, -0.2) is 0 Å². The van der Waals surface area contributed by atoms with Gasteiger partial charge in [-0.1, -0.05) is 11.6 Å². The quantitative estimate of drug-likeness (QED) is 0.885. The molecule has 1 aromatic carbocycles. The van der Waals surface area contributed by atoms with Crippen molar-refractivity contribution in [1.82, 2.24) is 5.32 Å². The van der Waals surface area contributed by atoms with Crippen LogP contribution in [0.2, 0.25) is 5.02 Å². The first-order valence-corrected chi connectivity index (χ1v) is 7.67. The van der Waals surface area contributed by atoms with E-state index in [0.29, 0.717) is 10.7 Å². The Balaban J connectivity index is 2.01. The van der Waals surface area contributed by atoms with Crippen molar-refractivity contribution in [3.8, 4) is 0 Å². The van der Waals surface area contributed by atoms with Gasteiger partial charge in [0.25, 0.3) is 5.91 Å². The Morgan fingerprint density at radius 1 is 1.40 bits per heavy atom. The summed E-state index contributed by atoms with van der Waals surface area (Å²) in [4.78, 5) is 26.3. The maximum atomic E-state index is 12.8. The SMILES string of the molecule is CC1(C2CC2)NC(=O)CN(c2cc(Cl)ccc2Br)C1=O. The molecule has 20 heavy (non-hydrogen) atoms. The zero-order valence-corrected chi connectivity index (χ0v) is 13.3. The van der Waals surface area contributed by atoms with E-state index in [4.69, 9.17) is 11.6 Å². The van der Waals surface area contributed by atoms with Gasteiger partial charge in [0, 0.05) is 9.50 Å². The molecule has 0 bridgehead atoms. The van der Waals surface area contributed by atoms with Crippen molar-refractivity contribution >= 4 is 45.0 Å². The van der Waals surface area contributed by atoms with E-state index in [2.05, 4.69) is 21.2 Å². The fourth-order valence-corrected chi connectivity index (χ4v) is 3.33. The summed E-state index contributed by atoms with van der Waals surface area (Å²) in [6.45, 7) is 1.84. The van der Waals surface area contributed by atoms with E-state index in [1.165, 1.54) is 4.90 Å². The van der Waals surface area contributed by atoms with Gasteiger partial charge in [-0.15, -0.1) is 0 Å². The number of hydrogen-bond acceptors (Lipinski definition) is 2. The van der Waals surface area contributed by atoms with Crippen LogP contribution < -0.4 is 10.2 Å². The molecule has 1 aliphatic heterocycles. The average Bonchev–Trinajstić information content (AvgIpc) is 3.21. The Morgan fingerprint density at radius 3 is 2.75 bits per heavy atom. The van der Waals surface area contributed by atoms with Crippen molar-refractivity contribution < 1.29 is 9.59 Å². The summed E-state index contributed by atoms with van der Waals surface area (Å²) in [5.74, 6) is 0.0353. The van der Waals surface area contributed by atoms with Gasteiger partial charge in [0.2, 0.25) is 5.91 Å². The highest BCUT2D eigenvalue weighted by Gasteiger charge is 2.53. The van der Waals surface area contributed by atoms with Crippen molar-refractivity contribution in [1.29, 1.82) is 0 Å². The van der Waals surface area contributed by atoms with Crippen molar-refractivity contribution in [2.24, 2.45) is 5.92 Å². The number of carbonyl (C=O) groups excluding carboxylic acids is 2. The molecule has 0 spiro atoms. The standard InChI is InChI=1S/C14H14BrClN2O2/c1-14(8-2-3-8)13(20)18(7-12(19)17-14)11-6-9(16)4-5-10(11)15/h4-6,8H,2-3,7H2,1H3,(H,17,19). The number of anilines is 1. The molecule has 1 unspecified atom stereocenters. The van der Waals surface area contributed by atoms with Gasteiger partial charge in [-0.2, -0.15) is 0 Å². The fraction of sp³-hybridized carbons (Fsp3) is 0.429. The average molecular weight is 358 g/mol. The van der Waals surface area contributed by atoms with E-state index >= 15 is 0 Å². The third-order valence-corrected chi connectivity index (χ3v) is 4.89. The van der Waals surface area contributed by atoms with E-state index < -0.39 is 5.54 Å². The van der Waals surface area contributed by atoms with Gasteiger partial charge in [0.1, 0.15) is 12.1 Å². The number of piperazine rings is 1. The van der Waals surface area contributed by atoms with Crippen molar-refractivity contribution in [2.75, 3.05) is 11.4 Å². The predicted molar refractivity (Wildman–Crippen MR) is 80.8 cm³/mol. The number of nitrogens with zero attached hydrogens (tertiary/aromatic N) is 1. The lowest BCUT2D eigenvalue weighted by Gasteiger charge is -2.40. The van der Waals surface area contributed by atoms with Crippen molar-refractivity contribution in [3.63, 3.8) is 0 Å². The lowest BCUT2D eigenvalue weighted by atomic mass is 9.91. The molecule has 0 aromatic heterocycles. The number of halogens is 2. The van der Waals surface area contributed by atoms with Crippen LogP contribution in [-0.4, -0.2) is 23.9 Å². The summed E-state index contributed by atoms with van der Waals surface area (Å²) in [7, 11) is 0. The maximum absolute atomic E-state index is 12.8. The third-order valence-electron chi connectivity index (χ3n) is 3.98. The van der Waals surface area contributed by atoms with Crippen LogP contribution in [0.4, 0.5) is 5.69 Å². The second-order valence-electron chi connectivity index (χ2n) is 5.51. The summed E-state index contributed by atoms with van der Waals surface area (Å²) in [6, 6.07) is 5.23. The van der Waals surface area contributed by atoms with Gasteiger partial charge in [-0.3, -0.25) is 14.5 Å². The van der Waals surface area contributed by atoms with Gasteiger partial charge in [0.15, 0.2) is 0 Å². The largest absolute Gasteiger partial charge is 0.340 e. The summed E-state index contributed by atoms with van der Waals surface area (Å²) < 4.78 is 0.753. The third kappa shape index (κ3) is 2.23. The van der Waals surface area contributed by atoms with Crippen LogP contribution in [-0.2, 0) is 9.59 Å². The normalized spacial score (nSPS) is 26.6. The lowest BCUT2D eigenvalue weighted by Crippen LogP contribution is -2.66. The minimum Gasteiger partial charge on any atom is -0.340 e. The maximum Gasteiger partial charge on any atom is 0.253 e. The number of benzene rings is 1. The lowest BCUT2D eigenvalue weighted by molar-refractivity contribution is -0.136. The molecule has 2 fully saturated rings. The first-order chi connectivity index (χ1) is 9.41. The Bertz CT molecular complexity index is 603. The molecule has 1 aromatic rings. The molecule has 1 aliphatic carbocycles. The second kappa shape index (κ2) is 4.74. The molecule has 106 valence electrons. The highest BCUT2D eigenvalue weighted by Crippen LogP contribution is 2.43. The first-order valence-electron chi connectivity index (χ1n) is 6.50. The molecular weight excluding hydrogens is 344 g/mol. The summed E-state index contributed by atoms with van der Waals surface area (Å²) in [5, 5.41) is 3.40. The van der Waals surface area contributed by atoms with Gasteiger partial charge < -0.3 is 5.32 Å². The van der Waals surface area contributed by atoms with Gasteiger partial charge in [-0.05, 0) is 59.8 Å². The number of amides is 2. The second-order valence-corrected chi connectivity index (χ2v) is 6.80. The smallest absolute Gasteiger partial charge is 0.253 e. The Hall–Kier alpha value is -1.07. The predicted octanol–water partition coefficient (Wildman–Crippen LogP) is 2.73. The first kappa shape index (κ1) is 13.9. The zero-order chi connectivity index (χ0) is 14.5. The molecule has 1 saturated heterocycles. The minimum atomic E-state index is -0.795. The molecule has 6 heteroatoms. The molecule has 4 nitrogen and oxygen atoms in total. The van der Waals surface area contributed by atoms with Gasteiger partial charge >= 0.3 is 0 Å². The monoisotopic (exact) mass is 356 g/mol. The van der Waals surface area contributed by atoms with E-state index in [0.717, 1.165) is 17.3 Å². The van der Waals surface area contributed by atoms with Crippen LogP contribution in [0.1, 0.15) is 19.8 Å². The zero-order valence-electron chi connectivity index (χ0n) is 11.0. The van der Waals surface area contributed by atoms with Crippen LogP contribution in [0, 0.1) is 5.92 Å². The molecule has 1 atom stereocenters. The van der Waals surface area contributed by atoms with Crippen LogP contribution in [0.5, 0.6) is 0 Å². The van der Waals surface area contributed by atoms with Crippen LogP contribution >= 0.6 is 27.5 Å². The molecule has 2 aliphatic rings. The summed E-state index contributed by atoms with van der Waals surface area (Å²) >= 11 is 9.43. The Kier molecular flexibility index (Phi) is 3.29. The number of nitrogens with one attached hydrogen (secondary N) is 1. The molecule has 1 heterocycles. The molecule has 3 rings (SSSR count). The van der Waals surface area contributed by atoms with Crippen LogP contribution in [0.3, 0.4) is 0 Å². The van der Waals surface area contributed by atoms with E-state index in [1.807, 2.05) is 6.92 Å². The van der Waals surface area contributed by atoms with Crippen molar-refractivity contribution in [3.05, 3.63) is 27.7 Å². The summed E-state index contributed by atoms with van der Waals surface area (Å²) in [5.41, 5.74) is -0.152. The van der Waals surface area contributed by atoms with Crippen LogP contribution in [0.15, 0.2) is 22.7 Å². The molecule has 1 saturated carbocycles. The number of rotatable bonds is 2. The van der Waals surface area contributed by atoms with Gasteiger partial charge in [0.05, 0.1) is 5.69 Å². The molecule has 0 radical (unpaired) electrons. The highest BCUT2D eigenvalue weighted by molar-refractivity contribution is 9.10. The van der Waals surface area contributed by atoms with Crippen molar-refractivity contribution in [2.45, 2.75) is 25.3 Å². The number of hydrogen-bond donors (Lipinski definition) is 1. The molecule has 1 N–H and O–H groups in total. The summed E-state index contributed by atoms with van der Waals surface area (Å²) in [6.07, 6.45) is 1.96.